The fraction of sp³-hybridized carbons (Fsp3) is 0.357. The van der Waals surface area contributed by atoms with Gasteiger partial charge in [0.1, 0.15) is 15.7 Å². The van der Waals surface area contributed by atoms with Crippen LogP contribution < -0.4 is 15.4 Å². The van der Waals surface area contributed by atoms with Gasteiger partial charge in [-0.1, -0.05) is 0 Å². The SMILES string of the molecule is CN=S(C)(=O)NCCCNc1nonc1/C(=N/I)Nc1ccc(F)c(Br)c1. The van der Waals surface area contributed by atoms with Crippen LogP contribution in [0.1, 0.15) is 12.1 Å². The highest BCUT2D eigenvalue weighted by atomic mass is 127. The third kappa shape index (κ3) is 6.65. The molecule has 3 N–H and O–H groups in total. The van der Waals surface area contributed by atoms with Gasteiger partial charge in [-0.2, -0.15) is 3.21 Å². The molecule has 0 spiro atoms. The van der Waals surface area contributed by atoms with E-state index in [9.17, 15) is 8.60 Å². The van der Waals surface area contributed by atoms with Crippen molar-refractivity contribution < 1.29 is 13.2 Å². The van der Waals surface area contributed by atoms with Crippen LogP contribution in [0.15, 0.2) is 34.9 Å². The van der Waals surface area contributed by atoms with Gasteiger partial charge in [0, 0.05) is 32.1 Å². The lowest BCUT2D eigenvalue weighted by Crippen LogP contribution is -2.24. The van der Waals surface area contributed by atoms with Crippen molar-refractivity contribution in [1.82, 2.24) is 15.0 Å². The van der Waals surface area contributed by atoms with Crippen molar-refractivity contribution in [2.24, 2.45) is 7.57 Å². The van der Waals surface area contributed by atoms with Gasteiger partial charge in [-0.3, -0.25) is 0 Å². The summed E-state index contributed by atoms with van der Waals surface area (Å²) in [5.74, 6) is 0.452. The molecule has 0 aliphatic rings. The second kappa shape index (κ2) is 10.3. The minimum atomic E-state index is -2.33. The van der Waals surface area contributed by atoms with Crippen LogP contribution in [-0.4, -0.2) is 46.8 Å². The number of nitrogens with zero attached hydrogens (tertiary/aromatic N) is 4. The van der Waals surface area contributed by atoms with E-state index in [1.54, 1.807) is 18.4 Å². The molecule has 0 fully saturated rings. The number of hydrogen-bond donors (Lipinski definition) is 3. The van der Waals surface area contributed by atoms with E-state index in [1.165, 1.54) is 13.1 Å². The number of nitrogens with one attached hydrogen (secondary N) is 3. The molecule has 1 atom stereocenters. The number of rotatable bonds is 8. The van der Waals surface area contributed by atoms with Crippen LogP contribution in [0.4, 0.5) is 15.9 Å². The number of halogens is 3. The van der Waals surface area contributed by atoms with Gasteiger partial charge in [0.25, 0.3) is 0 Å². The maximum atomic E-state index is 13.4. The molecule has 0 aliphatic carbocycles. The largest absolute Gasteiger partial charge is 0.365 e. The van der Waals surface area contributed by atoms with Crippen LogP contribution >= 0.6 is 38.8 Å². The summed E-state index contributed by atoms with van der Waals surface area (Å²) >= 11 is 4.96. The molecule has 9 nitrogen and oxygen atoms in total. The molecule has 0 saturated carbocycles. The van der Waals surface area contributed by atoms with E-state index in [0.29, 0.717) is 47.0 Å². The van der Waals surface area contributed by atoms with E-state index in [1.807, 2.05) is 22.9 Å². The van der Waals surface area contributed by atoms with E-state index < -0.39 is 9.92 Å². The van der Waals surface area contributed by atoms with Crippen LogP contribution in [0.25, 0.3) is 0 Å². The highest BCUT2D eigenvalue weighted by Gasteiger charge is 2.17. The zero-order valence-corrected chi connectivity index (χ0v) is 19.1. The van der Waals surface area contributed by atoms with Gasteiger partial charge >= 0.3 is 0 Å². The van der Waals surface area contributed by atoms with Gasteiger partial charge in [-0.05, 0) is 50.9 Å². The summed E-state index contributed by atoms with van der Waals surface area (Å²) < 4.78 is 41.0. The number of anilines is 2. The van der Waals surface area contributed by atoms with Crippen molar-refractivity contribution in [2.75, 3.05) is 37.0 Å². The Morgan fingerprint density at radius 3 is 2.85 bits per heavy atom. The number of aromatic nitrogens is 2. The van der Waals surface area contributed by atoms with E-state index in [4.69, 9.17) is 4.63 Å². The van der Waals surface area contributed by atoms with Gasteiger partial charge in [0.15, 0.2) is 11.5 Å². The summed E-state index contributed by atoms with van der Waals surface area (Å²) in [6, 6.07) is 4.50. The summed E-state index contributed by atoms with van der Waals surface area (Å²) in [7, 11) is -0.818. The first kappa shape index (κ1) is 22.0. The topological polar surface area (TPSA) is 117 Å². The van der Waals surface area contributed by atoms with Gasteiger partial charge in [-0.15, -0.1) is 0 Å². The molecule has 1 unspecified atom stereocenters. The molecule has 0 bridgehead atoms. The van der Waals surface area contributed by atoms with Gasteiger partial charge in [0.05, 0.1) is 27.3 Å². The van der Waals surface area contributed by atoms with E-state index in [-0.39, 0.29) is 5.82 Å². The molecule has 148 valence electrons. The van der Waals surface area contributed by atoms with Gasteiger partial charge in [0.2, 0.25) is 5.82 Å². The lowest BCUT2D eigenvalue weighted by atomic mass is 10.3. The average Bonchev–Trinajstić information content (AvgIpc) is 3.10. The molecule has 0 aliphatic heterocycles. The molecular weight excluding hydrogens is 556 g/mol. The third-order valence-electron chi connectivity index (χ3n) is 3.34. The molecule has 0 amide bonds. The van der Waals surface area contributed by atoms with Crippen molar-refractivity contribution in [3.63, 3.8) is 0 Å². The Balaban J connectivity index is 1.97. The maximum Gasteiger partial charge on any atom is 0.202 e. The van der Waals surface area contributed by atoms with Gasteiger partial charge in [-0.25, -0.2) is 22.3 Å². The average molecular weight is 574 g/mol. The van der Waals surface area contributed by atoms with E-state index in [2.05, 4.69) is 49.2 Å². The maximum absolute atomic E-state index is 13.4. The number of hydrogen-bond acceptors (Lipinski definition) is 7. The predicted octanol–water partition coefficient (Wildman–Crippen LogP) is 3.21. The molecule has 1 heterocycles. The number of benzene rings is 1. The van der Waals surface area contributed by atoms with Crippen molar-refractivity contribution in [2.45, 2.75) is 6.42 Å². The second-order valence-electron chi connectivity index (χ2n) is 5.31. The van der Waals surface area contributed by atoms with Crippen molar-refractivity contribution in [1.29, 1.82) is 0 Å². The first-order valence-corrected chi connectivity index (χ1v) is 11.4. The molecule has 2 aromatic rings. The third-order valence-corrected chi connectivity index (χ3v) is 5.87. The summed E-state index contributed by atoms with van der Waals surface area (Å²) in [4.78, 5) is 0. The molecule has 27 heavy (non-hydrogen) atoms. The van der Waals surface area contributed by atoms with Crippen molar-refractivity contribution in [3.05, 3.63) is 34.2 Å². The first-order valence-electron chi connectivity index (χ1n) is 7.69. The molecule has 0 saturated heterocycles. The highest BCUT2D eigenvalue weighted by molar-refractivity contribution is 14.1. The molecule has 0 radical (unpaired) electrons. The summed E-state index contributed by atoms with van der Waals surface area (Å²) in [5, 5.41) is 13.8. The smallest absolute Gasteiger partial charge is 0.202 e. The van der Waals surface area contributed by atoms with Gasteiger partial charge < -0.3 is 10.6 Å². The monoisotopic (exact) mass is 573 g/mol. The first-order chi connectivity index (χ1) is 12.9. The molecule has 1 aromatic heterocycles. The number of amidine groups is 1. The summed E-state index contributed by atoms with van der Waals surface area (Å²) in [5.41, 5.74) is 1.01. The van der Waals surface area contributed by atoms with E-state index in [0.717, 1.165) is 0 Å². The summed E-state index contributed by atoms with van der Waals surface area (Å²) in [6.07, 6.45) is 2.23. The normalized spacial score (nSPS) is 13.9. The Bertz CT molecular complexity index is 930. The molecule has 13 heteroatoms. The zero-order chi connectivity index (χ0) is 19.9. The second-order valence-corrected chi connectivity index (χ2v) is 8.90. The lowest BCUT2D eigenvalue weighted by molar-refractivity contribution is 0.308. The summed E-state index contributed by atoms with van der Waals surface area (Å²) in [6.45, 7) is 1.07. The fourth-order valence-corrected chi connectivity index (χ4v) is 3.29. The molecular formula is C14H18BrFIN7O2S. The lowest BCUT2D eigenvalue weighted by Gasteiger charge is -2.09. The zero-order valence-electron chi connectivity index (χ0n) is 14.5. The van der Waals surface area contributed by atoms with Crippen LogP contribution in [0.3, 0.4) is 0 Å². The standard InChI is InChI=1S/C14H18BrFIN7O2S/c1-18-27(2,25)20-7-3-6-19-13-12(23-26-24-13)14(22-17)21-9-4-5-11(16)10(15)8-9/h4-5,8H,3,6-7H2,1-2H3,(H,19,24)(H,21,22)(H,18,20,25). The Hall–Kier alpha value is -1.32. The Morgan fingerprint density at radius 2 is 2.19 bits per heavy atom. The Morgan fingerprint density at radius 1 is 1.41 bits per heavy atom. The Kier molecular flexibility index (Phi) is 8.37. The predicted molar refractivity (Wildman–Crippen MR) is 116 cm³/mol. The Labute approximate surface area is 178 Å². The van der Waals surface area contributed by atoms with Crippen LogP contribution in [0.2, 0.25) is 0 Å². The minimum Gasteiger partial charge on any atom is -0.365 e. The van der Waals surface area contributed by atoms with E-state index >= 15 is 0 Å². The highest BCUT2D eigenvalue weighted by Crippen LogP contribution is 2.21. The quantitative estimate of drug-likeness (QED) is 0.193. The van der Waals surface area contributed by atoms with Crippen LogP contribution in [0, 0.1) is 5.82 Å². The van der Waals surface area contributed by atoms with Crippen molar-refractivity contribution in [3.8, 4) is 0 Å². The fourth-order valence-electron chi connectivity index (χ4n) is 1.91. The molecule has 2 rings (SSSR count). The van der Waals surface area contributed by atoms with Crippen molar-refractivity contribution >= 4 is 66.1 Å². The molecule has 1 aromatic carbocycles. The minimum absolute atomic E-state index is 0.329. The van der Waals surface area contributed by atoms with Crippen LogP contribution in [0.5, 0.6) is 0 Å². The van der Waals surface area contributed by atoms with Crippen LogP contribution in [-0.2, 0) is 9.92 Å².